The number of carbonyl (C=O) groups excluding carboxylic acids is 1. The molecule has 0 aliphatic rings. The summed E-state index contributed by atoms with van der Waals surface area (Å²) in [4.78, 5) is 14.5. The van der Waals surface area contributed by atoms with Gasteiger partial charge in [0.1, 0.15) is 5.82 Å². The van der Waals surface area contributed by atoms with Gasteiger partial charge in [0.15, 0.2) is 0 Å². The van der Waals surface area contributed by atoms with E-state index in [2.05, 4.69) is 4.98 Å². The molecule has 0 radical (unpaired) electrons. The van der Waals surface area contributed by atoms with Crippen LogP contribution in [0, 0.1) is 0 Å². The third kappa shape index (κ3) is 1.65. The smallest absolute Gasteiger partial charge is 0.266 e. The predicted octanol–water partition coefficient (Wildman–Crippen LogP) is -0.733. The van der Waals surface area contributed by atoms with Gasteiger partial charge in [0.25, 0.3) is 5.91 Å². The summed E-state index contributed by atoms with van der Waals surface area (Å²) in [6, 6.07) is 3.08. The van der Waals surface area contributed by atoms with E-state index in [1.54, 1.807) is 6.07 Å². The van der Waals surface area contributed by atoms with Crippen molar-refractivity contribution in [3.63, 3.8) is 0 Å². The van der Waals surface area contributed by atoms with Crippen LogP contribution in [0.15, 0.2) is 18.3 Å². The van der Waals surface area contributed by atoms with Gasteiger partial charge in [-0.25, -0.2) is 10.8 Å². The van der Waals surface area contributed by atoms with Crippen LogP contribution < -0.4 is 17.0 Å². The molecule has 0 atom stereocenters. The number of nitrogens with two attached hydrogens (primary N) is 2. The van der Waals surface area contributed by atoms with Crippen LogP contribution in [0.5, 0.6) is 0 Å². The number of pyridine rings is 1. The van der Waals surface area contributed by atoms with E-state index in [9.17, 15) is 4.79 Å². The van der Waals surface area contributed by atoms with Crippen LogP contribution in [0.25, 0.3) is 0 Å². The lowest BCUT2D eigenvalue weighted by molar-refractivity contribution is 0.0953. The number of hydrogen-bond acceptors (Lipinski definition) is 4. The molecule has 1 aromatic heterocycles. The molecule has 0 unspecified atom stereocenters. The summed E-state index contributed by atoms with van der Waals surface area (Å²) in [5.41, 5.74) is 7.67. The summed E-state index contributed by atoms with van der Waals surface area (Å²) in [6.07, 6.45) is 1.36. The fourth-order valence-electron chi connectivity index (χ4n) is 0.623. The van der Waals surface area contributed by atoms with Gasteiger partial charge in [-0.15, -0.1) is 0 Å². The van der Waals surface area contributed by atoms with Gasteiger partial charge in [0.2, 0.25) is 0 Å². The van der Waals surface area contributed by atoms with Crippen molar-refractivity contribution in [3.05, 3.63) is 23.9 Å². The standard InChI is InChI=1S/C6H8N4O/c7-5-2-1-4(3-9-5)6(11)10-8/h1-3H,8H2,(H2,7,9)(H,10,11). The molecule has 0 aliphatic heterocycles. The number of hydrogen-bond donors (Lipinski definition) is 3. The molecule has 0 saturated heterocycles. The molecule has 1 amide bonds. The maximum atomic E-state index is 10.8. The van der Waals surface area contributed by atoms with Gasteiger partial charge in [-0.05, 0) is 12.1 Å². The topological polar surface area (TPSA) is 94.0 Å². The zero-order chi connectivity index (χ0) is 8.27. The first-order valence-corrected chi connectivity index (χ1v) is 2.96. The molecule has 0 saturated carbocycles. The molecule has 1 heterocycles. The summed E-state index contributed by atoms with van der Waals surface area (Å²) < 4.78 is 0. The van der Waals surface area contributed by atoms with E-state index in [1.807, 2.05) is 5.43 Å². The Morgan fingerprint density at radius 1 is 1.55 bits per heavy atom. The largest absolute Gasteiger partial charge is 0.384 e. The highest BCUT2D eigenvalue weighted by atomic mass is 16.2. The first-order valence-electron chi connectivity index (χ1n) is 2.96. The van der Waals surface area contributed by atoms with E-state index in [0.717, 1.165) is 0 Å². The van der Waals surface area contributed by atoms with Crippen molar-refractivity contribution >= 4 is 11.7 Å². The molecule has 0 fully saturated rings. The molecule has 1 rings (SSSR count). The lowest BCUT2D eigenvalue weighted by Gasteiger charge is -1.97. The molecular formula is C6H8N4O. The Hall–Kier alpha value is -1.62. The number of aromatic nitrogens is 1. The van der Waals surface area contributed by atoms with Gasteiger partial charge in [-0.3, -0.25) is 10.2 Å². The van der Waals surface area contributed by atoms with Crippen molar-refractivity contribution < 1.29 is 4.79 Å². The molecule has 0 spiro atoms. The van der Waals surface area contributed by atoms with Crippen LogP contribution in [0.3, 0.4) is 0 Å². The number of rotatable bonds is 1. The Labute approximate surface area is 63.4 Å². The first kappa shape index (κ1) is 7.49. The van der Waals surface area contributed by atoms with Crippen LogP contribution in [-0.4, -0.2) is 10.9 Å². The number of anilines is 1. The summed E-state index contributed by atoms with van der Waals surface area (Å²) in [5.74, 6) is 4.88. The highest BCUT2D eigenvalue weighted by Crippen LogP contribution is 1.99. The van der Waals surface area contributed by atoms with Crippen molar-refractivity contribution in [2.45, 2.75) is 0 Å². The maximum absolute atomic E-state index is 10.8. The van der Waals surface area contributed by atoms with Crippen molar-refractivity contribution in [2.24, 2.45) is 5.84 Å². The third-order valence-corrected chi connectivity index (χ3v) is 1.18. The molecule has 5 N–H and O–H groups in total. The Morgan fingerprint density at radius 3 is 2.73 bits per heavy atom. The zero-order valence-electron chi connectivity index (χ0n) is 5.74. The SMILES string of the molecule is NNC(=O)c1ccc(N)nc1. The second-order valence-electron chi connectivity index (χ2n) is 1.95. The second-order valence-corrected chi connectivity index (χ2v) is 1.95. The van der Waals surface area contributed by atoms with Gasteiger partial charge in [0.05, 0.1) is 5.56 Å². The molecule has 11 heavy (non-hydrogen) atoms. The molecule has 0 bridgehead atoms. The van der Waals surface area contributed by atoms with Gasteiger partial charge in [0, 0.05) is 6.20 Å². The van der Waals surface area contributed by atoms with Gasteiger partial charge in [-0.2, -0.15) is 0 Å². The van der Waals surface area contributed by atoms with Crippen LogP contribution in [-0.2, 0) is 0 Å². The van der Waals surface area contributed by atoms with E-state index in [4.69, 9.17) is 11.6 Å². The molecule has 0 aromatic carbocycles. The van der Waals surface area contributed by atoms with E-state index in [1.165, 1.54) is 12.3 Å². The lowest BCUT2D eigenvalue weighted by atomic mass is 10.3. The maximum Gasteiger partial charge on any atom is 0.266 e. The van der Waals surface area contributed by atoms with Crippen LogP contribution in [0.4, 0.5) is 5.82 Å². The summed E-state index contributed by atoms with van der Waals surface area (Å²) in [7, 11) is 0. The quantitative estimate of drug-likeness (QED) is 0.281. The van der Waals surface area contributed by atoms with Gasteiger partial charge in [-0.1, -0.05) is 0 Å². The Kier molecular flexibility index (Phi) is 2.03. The summed E-state index contributed by atoms with van der Waals surface area (Å²) >= 11 is 0. The number of amides is 1. The third-order valence-electron chi connectivity index (χ3n) is 1.18. The Bertz CT molecular complexity index is 256. The van der Waals surface area contributed by atoms with Crippen molar-refractivity contribution in [1.29, 1.82) is 0 Å². The van der Waals surface area contributed by atoms with Gasteiger partial charge < -0.3 is 5.73 Å². The van der Waals surface area contributed by atoms with Gasteiger partial charge >= 0.3 is 0 Å². The monoisotopic (exact) mass is 152 g/mol. The fraction of sp³-hybridized carbons (Fsp3) is 0. The average Bonchev–Trinajstić information content (AvgIpc) is 2.05. The molecule has 58 valence electrons. The highest BCUT2D eigenvalue weighted by Gasteiger charge is 2.01. The molecule has 5 heteroatoms. The fourth-order valence-corrected chi connectivity index (χ4v) is 0.623. The van der Waals surface area contributed by atoms with Crippen molar-refractivity contribution in [3.8, 4) is 0 Å². The molecule has 5 nitrogen and oxygen atoms in total. The molecule has 0 aliphatic carbocycles. The van der Waals surface area contributed by atoms with E-state index in [0.29, 0.717) is 11.4 Å². The molecular weight excluding hydrogens is 144 g/mol. The normalized spacial score (nSPS) is 9.18. The van der Waals surface area contributed by atoms with E-state index in [-0.39, 0.29) is 5.91 Å². The predicted molar refractivity (Wildman–Crippen MR) is 40.3 cm³/mol. The first-order chi connectivity index (χ1) is 5.24. The Morgan fingerprint density at radius 2 is 2.27 bits per heavy atom. The van der Waals surface area contributed by atoms with Crippen LogP contribution >= 0.6 is 0 Å². The minimum Gasteiger partial charge on any atom is -0.384 e. The summed E-state index contributed by atoms with van der Waals surface area (Å²) in [5, 5.41) is 0. The average molecular weight is 152 g/mol. The van der Waals surface area contributed by atoms with E-state index < -0.39 is 0 Å². The number of nitrogens with zero attached hydrogens (tertiary/aromatic N) is 1. The summed E-state index contributed by atoms with van der Waals surface area (Å²) in [6.45, 7) is 0. The Balaban J connectivity index is 2.90. The van der Waals surface area contributed by atoms with E-state index >= 15 is 0 Å². The second kappa shape index (κ2) is 2.98. The number of carbonyl (C=O) groups is 1. The minimum absolute atomic E-state index is 0.374. The number of hydrazine groups is 1. The highest BCUT2D eigenvalue weighted by molar-refractivity contribution is 5.93. The van der Waals surface area contributed by atoms with Crippen molar-refractivity contribution in [1.82, 2.24) is 10.4 Å². The number of nitrogens with one attached hydrogen (secondary N) is 1. The van der Waals surface area contributed by atoms with Crippen LogP contribution in [0.2, 0.25) is 0 Å². The number of nitrogen functional groups attached to an aromatic ring is 2. The zero-order valence-corrected chi connectivity index (χ0v) is 5.74. The lowest BCUT2D eigenvalue weighted by Crippen LogP contribution is -2.30. The van der Waals surface area contributed by atoms with Crippen molar-refractivity contribution in [2.75, 3.05) is 5.73 Å². The minimum atomic E-state index is -0.377. The molecule has 1 aromatic rings. The van der Waals surface area contributed by atoms with Crippen LogP contribution in [0.1, 0.15) is 10.4 Å².